The van der Waals surface area contributed by atoms with E-state index >= 15 is 0 Å². The molecule has 6 heteroatoms. The first kappa shape index (κ1) is 9.72. The number of hydrogen-bond donors (Lipinski definition) is 1. The first-order valence-corrected chi connectivity index (χ1v) is 4.92. The summed E-state index contributed by atoms with van der Waals surface area (Å²) in [5.74, 6) is 0. The second kappa shape index (κ2) is 3.74. The van der Waals surface area contributed by atoms with Gasteiger partial charge < -0.3 is 15.2 Å². The van der Waals surface area contributed by atoms with Gasteiger partial charge in [0.1, 0.15) is 0 Å². The molecular formula is C9H8N2O3S. The number of aromatic nitrogens is 1. The molecular weight excluding hydrogens is 216 g/mol. The van der Waals surface area contributed by atoms with Gasteiger partial charge in [0.15, 0.2) is 0 Å². The van der Waals surface area contributed by atoms with Crippen LogP contribution in [0.15, 0.2) is 18.2 Å². The number of rotatable bonds is 1. The fourth-order valence-corrected chi connectivity index (χ4v) is 1.87. The molecule has 5 nitrogen and oxygen atoms in total. The third-order valence-corrected chi connectivity index (χ3v) is 2.64. The molecule has 0 saturated heterocycles. The Kier molecular flexibility index (Phi) is 2.42. The van der Waals surface area contributed by atoms with Crippen LogP contribution in [0.2, 0.25) is 0 Å². The van der Waals surface area contributed by atoms with E-state index in [2.05, 4.69) is 9.72 Å². The average Bonchev–Trinajstić information content (AvgIpc) is 2.59. The minimum Gasteiger partial charge on any atom is -0.437 e. The van der Waals surface area contributed by atoms with Crippen molar-refractivity contribution >= 4 is 33.4 Å². The summed E-state index contributed by atoms with van der Waals surface area (Å²) >= 11 is 1.26. The molecule has 15 heavy (non-hydrogen) atoms. The Bertz CT molecular complexity index is 509. The van der Waals surface area contributed by atoms with E-state index in [4.69, 9.17) is 10.5 Å². The molecule has 2 rings (SSSR count). The smallest absolute Gasteiger partial charge is 0.437 e. The lowest BCUT2D eigenvalue weighted by atomic mass is 10.3. The number of ether oxygens (including phenoxy) is 2. The molecule has 1 aromatic heterocycles. The zero-order valence-electron chi connectivity index (χ0n) is 7.89. The van der Waals surface area contributed by atoms with E-state index in [1.165, 1.54) is 18.4 Å². The Balaban J connectivity index is 2.34. The highest BCUT2D eigenvalue weighted by atomic mass is 32.1. The van der Waals surface area contributed by atoms with Gasteiger partial charge in [0.2, 0.25) is 0 Å². The Morgan fingerprint density at radius 3 is 3.07 bits per heavy atom. The quantitative estimate of drug-likeness (QED) is 0.592. The SMILES string of the molecule is COC(=O)Oc1nc2cc(N)ccc2s1. The van der Waals surface area contributed by atoms with Crippen molar-refractivity contribution in [2.45, 2.75) is 0 Å². The molecule has 0 spiro atoms. The number of anilines is 1. The summed E-state index contributed by atoms with van der Waals surface area (Å²) in [5.41, 5.74) is 6.92. The van der Waals surface area contributed by atoms with Gasteiger partial charge in [-0.25, -0.2) is 9.78 Å². The first-order chi connectivity index (χ1) is 7.19. The van der Waals surface area contributed by atoms with E-state index in [9.17, 15) is 4.79 Å². The summed E-state index contributed by atoms with van der Waals surface area (Å²) in [6.07, 6.45) is -0.776. The molecule has 0 amide bonds. The Labute approximate surface area is 89.4 Å². The Hall–Kier alpha value is -1.82. The van der Waals surface area contributed by atoms with Gasteiger partial charge in [-0.3, -0.25) is 0 Å². The highest BCUT2D eigenvalue weighted by Gasteiger charge is 2.09. The maximum absolute atomic E-state index is 10.8. The topological polar surface area (TPSA) is 74.4 Å². The van der Waals surface area contributed by atoms with Crippen molar-refractivity contribution in [3.8, 4) is 5.19 Å². The number of carbonyl (C=O) groups excluding carboxylic acids is 1. The van der Waals surface area contributed by atoms with Gasteiger partial charge in [-0.2, -0.15) is 0 Å². The van der Waals surface area contributed by atoms with Crippen molar-refractivity contribution in [1.29, 1.82) is 0 Å². The van der Waals surface area contributed by atoms with Gasteiger partial charge in [-0.05, 0) is 18.2 Å². The van der Waals surface area contributed by atoms with Crippen LogP contribution in [-0.4, -0.2) is 18.2 Å². The zero-order valence-corrected chi connectivity index (χ0v) is 8.71. The second-order valence-corrected chi connectivity index (χ2v) is 3.76. The maximum atomic E-state index is 10.8. The number of thiazole rings is 1. The maximum Gasteiger partial charge on any atom is 0.515 e. The van der Waals surface area contributed by atoms with Crippen LogP contribution in [0.3, 0.4) is 0 Å². The molecule has 0 radical (unpaired) electrons. The molecule has 78 valence electrons. The van der Waals surface area contributed by atoms with Crippen molar-refractivity contribution in [2.75, 3.05) is 12.8 Å². The van der Waals surface area contributed by atoms with E-state index in [1.54, 1.807) is 12.1 Å². The molecule has 2 aromatic rings. The number of nitrogens with zero attached hydrogens (tertiary/aromatic N) is 1. The van der Waals surface area contributed by atoms with Crippen molar-refractivity contribution in [1.82, 2.24) is 4.98 Å². The monoisotopic (exact) mass is 224 g/mol. The molecule has 1 heterocycles. The summed E-state index contributed by atoms with van der Waals surface area (Å²) in [6, 6.07) is 5.31. The summed E-state index contributed by atoms with van der Waals surface area (Å²) in [6.45, 7) is 0. The fourth-order valence-electron chi connectivity index (χ4n) is 1.08. The lowest BCUT2D eigenvalue weighted by Gasteiger charge is -1.94. The van der Waals surface area contributed by atoms with E-state index in [0.717, 1.165) is 4.70 Å². The molecule has 0 fully saturated rings. The highest BCUT2D eigenvalue weighted by molar-refractivity contribution is 7.20. The van der Waals surface area contributed by atoms with E-state index in [-0.39, 0.29) is 5.19 Å². The number of nitrogens with two attached hydrogens (primary N) is 1. The predicted octanol–water partition coefficient (Wildman–Crippen LogP) is 2.02. The van der Waals surface area contributed by atoms with Gasteiger partial charge >= 0.3 is 6.16 Å². The number of methoxy groups -OCH3 is 1. The minimum atomic E-state index is -0.776. The zero-order chi connectivity index (χ0) is 10.8. The molecule has 0 aliphatic rings. The second-order valence-electron chi connectivity index (χ2n) is 2.76. The van der Waals surface area contributed by atoms with Gasteiger partial charge in [0.05, 0.1) is 17.3 Å². The van der Waals surface area contributed by atoms with Crippen LogP contribution < -0.4 is 10.5 Å². The van der Waals surface area contributed by atoms with Gasteiger partial charge in [0.25, 0.3) is 5.19 Å². The average molecular weight is 224 g/mol. The first-order valence-electron chi connectivity index (χ1n) is 4.11. The standard InChI is InChI=1S/C9H8N2O3S/c1-13-9(12)14-8-11-6-4-5(10)2-3-7(6)15-8/h2-4H,10H2,1H3. The minimum absolute atomic E-state index is 0.252. The molecule has 0 atom stereocenters. The van der Waals surface area contributed by atoms with Crippen LogP contribution in [0, 0.1) is 0 Å². The van der Waals surface area contributed by atoms with E-state index in [1.807, 2.05) is 6.07 Å². The lowest BCUT2D eigenvalue weighted by molar-refractivity contribution is 0.121. The number of fused-ring (bicyclic) bond motifs is 1. The number of hydrogen-bond acceptors (Lipinski definition) is 6. The van der Waals surface area contributed by atoms with E-state index < -0.39 is 6.16 Å². The van der Waals surface area contributed by atoms with Gasteiger partial charge in [0, 0.05) is 5.69 Å². The van der Waals surface area contributed by atoms with Crippen LogP contribution in [0.5, 0.6) is 5.19 Å². The van der Waals surface area contributed by atoms with Crippen LogP contribution >= 0.6 is 11.3 Å². The molecule has 0 saturated carbocycles. The van der Waals surface area contributed by atoms with Crippen molar-refractivity contribution in [2.24, 2.45) is 0 Å². The van der Waals surface area contributed by atoms with Crippen LogP contribution in [-0.2, 0) is 4.74 Å². The van der Waals surface area contributed by atoms with Gasteiger partial charge in [-0.15, -0.1) is 0 Å². The summed E-state index contributed by atoms with van der Waals surface area (Å²) in [5, 5.41) is 0.252. The number of nitrogen functional groups attached to an aromatic ring is 1. The Morgan fingerprint density at radius 1 is 1.53 bits per heavy atom. The third kappa shape index (κ3) is 1.99. The Morgan fingerprint density at radius 2 is 2.33 bits per heavy atom. The van der Waals surface area contributed by atoms with Crippen LogP contribution in [0.1, 0.15) is 0 Å². The number of benzene rings is 1. The van der Waals surface area contributed by atoms with Gasteiger partial charge in [-0.1, -0.05) is 11.3 Å². The largest absolute Gasteiger partial charge is 0.515 e. The summed E-state index contributed by atoms with van der Waals surface area (Å²) < 4.78 is 10.1. The normalized spacial score (nSPS) is 10.2. The molecule has 0 bridgehead atoms. The third-order valence-electron chi connectivity index (χ3n) is 1.73. The van der Waals surface area contributed by atoms with Crippen LogP contribution in [0.4, 0.5) is 10.5 Å². The molecule has 0 unspecified atom stereocenters. The molecule has 2 N–H and O–H groups in total. The summed E-state index contributed by atoms with van der Waals surface area (Å²) in [4.78, 5) is 14.9. The molecule has 0 aliphatic carbocycles. The van der Waals surface area contributed by atoms with Crippen molar-refractivity contribution < 1.29 is 14.3 Å². The summed E-state index contributed by atoms with van der Waals surface area (Å²) in [7, 11) is 1.24. The van der Waals surface area contributed by atoms with Crippen LogP contribution in [0.25, 0.3) is 10.2 Å². The number of carbonyl (C=O) groups is 1. The fraction of sp³-hybridized carbons (Fsp3) is 0.111. The predicted molar refractivity (Wildman–Crippen MR) is 57.1 cm³/mol. The van der Waals surface area contributed by atoms with Crippen molar-refractivity contribution in [3.05, 3.63) is 18.2 Å². The lowest BCUT2D eigenvalue weighted by Crippen LogP contribution is -2.06. The molecule has 1 aromatic carbocycles. The molecule has 0 aliphatic heterocycles. The highest BCUT2D eigenvalue weighted by Crippen LogP contribution is 2.28. The van der Waals surface area contributed by atoms with E-state index in [0.29, 0.717) is 11.2 Å². The van der Waals surface area contributed by atoms with Crippen molar-refractivity contribution in [3.63, 3.8) is 0 Å².